The second-order valence-electron chi connectivity index (χ2n) is 2.21. The van der Waals surface area contributed by atoms with Gasteiger partial charge in [0.1, 0.15) is 0 Å². The maximum Gasteiger partial charge on any atom is 0.324 e. The van der Waals surface area contributed by atoms with Crippen molar-refractivity contribution < 1.29 is 4.92 Å². The minimum atomic E-state index is -0.455. The molecule has 0 atom stereocenters. The summed E-state index contributed by atoms with van der Waals surface area (Å²) in [5.41, 5.74) is 8.09. The van der Waals surface area contributed by atoms with E-state index in [-0.39, 0.29) is 10.1 Å². The lowest BCUT2D eigenvalue weighted by molar-refractivity contribution is -0.380. The summed E-state index contributed by atoms with van der Waals surface area (Å²) in [5.74, 6) is 0. The third-order valence-electron chi connectivity index (χ3n) is 1.17. The molecule has 0 unspecified atom stereocenters. The van der Waals surface area contributed by atoms with Crippen LogP contribution in [0.1, 0.15) is 5.56 Å². The smallest absolute Gasteiger partial charge is 0.324 e. The van der Waals surface area contributed by atoms with Gasteiger partial charge in [-0.2, -0.15) is 5.10 Å². The molecule has 0 aliphatic rings. The molecule has 0 aromatic carbocycles. The predicted molar refractivity (Wildman–Crippen MR) is 58.5 cm³/mol. The third kappa shape index (κ3) is 3.07. The van der Waals surface area contributed by atoms with Crippen molar-refractivity contribution in [3.05, 3.63) is 27.1 Å². The molecule has 0 spiro atoms. The molecular formula is C6H6N4O2S2. The number of nitrogens with one attached hydrogen (secondary N) is 1. The van der Waals surface area contributed by atoms with E-state index in [0.29, 0.717) is 5.56 Å². The number of rotatable bonds is 3. The Hall–Kier alpha value is -1.54. The van der Waals surface area contributed by atoms with Gasteiger partial charge in [0.25, 0.3) is 0 Å². The molecule has 0 aliphatic heterocycles. The van der Waals surface area contributed by atoms with Crippen LogP contribution in [0, 0.1) is 10.1 Å². The van der Waals surface area contributed by atoms with E-state index in [9.17, 15) is 10.1 Å². The molecule has 0 bridgehead atoms. The van der Waals surface area contributed by atoms with Gasteiger partial charge in [-0.05, 0) is 12.2 Å². The summed E-state index contributed by atoms with van der Waals surface area (Å²) < 4.78 is 0. The van der Waals surface area contributed by atoms with Crippen molar-refractivity contribution in [1.29, 1.82) is 0 Å². The van der Waals surface area contributed by atoms with E-state index in [1.54, 1.807) is 5.38 Å². The van der Waals surface area contributed by atoms with E-state index in [1.807, 2.05) is 0 Å². The Morgan fingerprint density at radius 3 is 3.07 bits per heavy atom. The van der Waals surface area contributed by atoms with Gasteiger partial charge in [-0.25, -0.2) is 0 Å². The molecule has 0 fully saturated rings. The number of thiophene rings is 1. The second-order valence-corrected chi connectivity index (χ2v) is 3.54. The van der Waals surface area contributed by atoms with Gasteiger partial charge in [-0.3, -0.25) is 15.5 Å². The lowest BCUT2D eigenvalue weighted by Crippen LogP contribution is -2.23. The number of nitrogens with two attached hydrogens (primary N) is 1. The topological polar surface area (TPSA) is 93.5 Å². The molecule has 6 nitrogen and oxygen atoms in total. The van der Waals surface area contributed by atoms with E-state index < -0.39 is 4.92 Å². The summed E-state index contributed by atoms with van der Waals surface area (Å²) in [7, 11) is 0. The maximum absolute atomic E-state index is 10.3. The van der Waals surface area contributed by atoms with Gasteiger partial charge < -0.3 is 5.73 Å². The van der Waals surface area contributed by atoms with Gasteiger partial charge >= 0.3 is 5.00 Å². The number of nitrogens with zero attached hydrogens (tertiary/aromatic N) is 2. The third-order valence-corrected chi connectivity index (χ3v) is 2.16. The molecule has 0 saturated carbocycles. The maximum atomic E-state index is 10.3. The van der Waals surface area contributed by atoms with E-state index in [0.717, 1.165) is 11.3 Å². The molecule has 0 saturated heterocycles. The highest BCUT2D eigenvalue weighted by Crippen LogP contribution is 2.21. The van der Waals surface area contributed by atoms with Crippen molar-refractivity contribution in [3.63, 3.8) is 0 Å². The van der Waals surface area contributed by atoms with Crippen LogP contribution in [0.2, 0.25) is 0 Å². The Balaban J connectivity index is 2.64. The Kier molecular flexibility index (Phi) is 3.48. The first-order chi connectivity index (χ1) is 6.59. The average Bonchev–Trinajstić information content (AvgIpc) is 2.52. The Bertz CT molecular complexity index is 387. The van der Waals surface area contributed by atoms with Crippen LogP contribution >= 0.6 is 23.6 Å². The number of hydrazone groups is 1. The van der Waals surface area contributed by atoms with Crippen LogP contribution in [0.15, 0.2) is 16.5 Å². The molecule has 1 heterocycles. The standard InChI is InChI=1S/C6H6N4O2S2/c7-6(13)9-8-2-4-1-5(10(11)12)14-3-4/h1-3H,(H3,7,9,13). The molecule has 3 N–H and O–H groups in total. The molecule has 14 heavy (non-hydrogen) atoms. The summed E-state index contributed by atoms with van der Waals surface area (Å²) in [4.78, 5) is 9.86. The van der Waals surface area contributed by atoms with Gasteiger partial charge in [-0.1, -0.05) is 11.3 Å². The lowest BCUT2D eigenvalue weighted by Gasteiger charge is -1.91. The monoisotopic (exact) mass is 230 g/mol. The summed E-state index contributed by atoms with van der Waals surface area (Å²) in [6.45, 7) is 0. The van der Waals surface area contributed by atoms with E-state index in [1.165, 1.54) is 12.3 Å². The fourth-order valence-electron chi connectivity index (χ4n) is 0.673. The summed E-state index contributed by atoms with van der Waals surface area (Å²) >= 11 is 5.54. The number of thiocarbonyl (C=S) groups is 1. The second kappa shape index (κ2) is 4.63. The van der Waals surface area contributed by atoms with Gasteiger partial charge in [-0.15, -0.1) is 0 Å². The van der Waals surface area contributed by atoms with Gasteiger partial charge in [0.05, 0.1) is 11.1 Å². The summed E-state index contributed by atoms with van der Waals surface area (Å²) in [5, 5.41) is 15.7. The quantitative estimate of drug-likeness (QED) is 0.347. The first kappa shape index (κ1) is 10.5. The van der Waals surface area contributed by atoms with Gasteiger partial charge in [0.2, 0.25) is 0 Å². The Morgan fingerprint density at radius 1 is 1.86 bits per heavy atom. The molecule has 1 aromatic heterocycles. The number of hydrogen-bond acceptors (Lipinski definition) is 5. The van der Waals surface area contributed by atoms with Crippen molar-refractivity contribution in [2.24, 2.45) is 10.8 Å². The van der Waals surface area contributed by atoms with Crippen molar-refractivity contribution in [2.45, 2.75) is 0 Å². The van der Waals surface area contributed by atoms with Gasteiger partial charge in [0, 0.05) is 17.0 Å². The predicted octanol–water partition coefficient (Wildman–Crippen LogP) is 0.823. The molecule has 1 aromatic rings. The van der Waals surface area contributed by atoms with Crippen LogP contribution in [0.25, 0.3) is 0 Å². The number of nitro groups is 1. The summed E-state index contributed by atoms with van der Waals surface area (Å²) in [6, 6.07) is 1.41. The summed E-state index contributed by atoms with van der Waals surface area (Å²) in [6.07, 6.45) is 1.41. The minimum Gasteiger partial charge on any atom is -0.375 e. The Labute approximate surface area is 88.6 Å². The largest absolute Gasteiger partial charge is 0.375 e. The van der Waals surface area contributed by atoms with Crippen molar-refractivity contribution >= 4 is 39.9 Å². The fourth-order valence-corrected chi connectivity index (χ4v) is 1.40. The lowest BCUT2D eigenvalue weighted by atomic mass is 10.4. The van der Waals surface area contributed by atoms with E-state index in [4.69, 9.17) is 5.73 Å². The zero-order valence-corrected chi connectivity index (χ0v) is 8.47. The molecule has 0 radical (unpaired) electrons. The van der Waals surface area contributed by atoms with Crippen LogP contribution in [-0.2, 0) is 0 Å². The van der Waals surface area contributed by atoms with Gasteiger partial charge in [0.15, 0.2) is 5.11 Å². The highest BCUT2D eigenvalue weighted by atomic mass is 32.1. The molecule has 1 rings (SSSR count). The highest BCUT2D eigenvalue weighted by Gasteiger charge is 2.07. The fraction of sp³-hybridized carbons (Fsp3) is 0. The first-order valence-electron chi connectivity index (χ1n) is 3.41. The van der Waals surface area contributed by atoms with Crippen LogP contribution in [0.5, 0.6) is 0 Å². The van der Waals surface area contributed by atoms with Crippen LogP contribution in [0.4, 0.5) is 5.00 Å². The molecule has 0 amide bonds. The number of hydrogen-bond donors (Lipinski definition) is 2. The normalized spacial score (nSPS) is 10.3. The molecule has 74 valence electrons. The zero-order chi connectivity index (χ0) is 10.6. The van der Waals surface area contributed by atoms with Crippen LogP contribution in [-0.4, -0.2) is 16.3 Å². The molecule has 0 aliphatic carbocycles. The van der Waals surface area contributed by atoms with Crippen molar-refractivity contribution in [3.8, 4) is 0 Å². The van der Waals surface area contributed by atoms with E-state index >= 15 is 0 Å². The van der Waals surface area contributed by atoms with Crippen molar-refractivity contribution in [2.75, 3.05) is 0 Å². The first-order valence-corrected chi connectivity index (χ1v) is 4.70. The zero-order valence-electron chi connectivity index (χ0n) is 6.84. The van der Waals surface area contributed by atoms with Crippen LogP contribution < -0.4 is 11.2 Å². The average molecular weight is 230 g/mol. The van der Waals surface area contributed by atoms with Crippen LogP contribution in [0.3, 0.4) is 0 Å². The van der Waals surface area contributed by atoms with E-state index in [2.05, 4.69) is 22.7 Å². The minimum absolute atomic E-state index is 0.0472. The molecule has 8 heteroatoms. The molecular weight excluding hydrogens is 224 g/mol. The SMILES string of the molecule is NC(=S)NN=Cc1csc([N+](=O)[O-])c1. The van der Waals surface area contributed by atoms with Crippen molar-refractivity contribution in [1.82, 2.24) is 5.43 Å². The highest BCUT2D eigenvalue weighted by molar-refractivity contribution is 7.80. The Morgan fingerprint density at radius 2 is 2.57 bits per heavy atom.